The van der Waals surface area contributed by atoms with Gasteiger partial charge in [0.15, 0.2) is 0 Å². The fourth-order valence-corrected chi connectivity index (χ4v) is 3.80. The first-order chi connectivity index (χ1) is 13.2. The quantitative estimate of drug-likeness (QED) is 0.757. The van der Waals surface area contributed by atoms with E-state index in [1.165, 1.54) is 19.3 Å². The summed E-state index contributed by atoms with van der Waals surface area (Å²) in [4.78, 5) is 23.9. The Bertz CT molecular complexity index is 915. The van der Waals surface area contributed by atoms with E-state index in [-0.39, 0.29) is 11.9 Å². The number of pyridine rings is 2. The summed E-state index contributed by atoms with van der Waals surface area (Å²) >= 11 is 0. The number of piperidine rings is 1. The lowest BCUT2D eigenvalue weighted by Gasteiger charge is -2.34. The molecule has 0 bridgehead atoms. The minimum atomic E-state index is -0.135. The zero-order chi connectivity index (χ0) is 18.6. The third kappa shape index (κ3) is 3.85. The Morgan fingerprint density at radius 2 is 2.07 bits per heavy atom. The van der Waals surface area contributed by atoms with Crippen molar-refractivity contribution in [2.24, 2.45) is 0 Å². The van der Waals surface area contributed by atoms with Crippen molar-refractivity contribution in [3.63, 3.8) is 0 Å². The van der Waals surface area contributed by atoms with Gasteiger partial charge in [-0.2, -0.15) is 0 Å². The van der Waals surface area contributed by atoms with Crippen LogP contribution in [0.4, 0.5) is 0 Å². The smallest absolute Gasteiger partial charge is 0.271 e. The molecule has 3 aromatic rings. The molecule has 1 N–H and O–H groups in total. The Morgan fingerprint density at radius 1 is 1.22 bits per heavy atom. The minimum absolute atomic E-state index is 0.135. The topological polar surface area (TPSA) is 62.5 Å². The fraction of sp³-hybridized carbons (Fsp3) is 0.381. The van der Waals surface area contributed by atoms with Gasteiger partial charge in [0.2, 0.25) is 0 Å². The molecule has 6 heteroatoms. The standard InChI is InChI=1S/C21H25N5O/c1-16-7-6-12-26-15-18(24-20(16)26)21(27)23-14-19(17-8-5-9-22-13-17)25-10-3-2-4-11-25/h5-9,12-13,15,19H,2-4,10-11,14H2,1H3,(H,23,27). The summed E-state index contributed by atoms with van der Waals surface area (Å²) in [6.45, 7) is 4.67. The summed E-state index contributed by atoms with van der Waals surface area (Å²) in [6, 6.07) is 8.15. The van der Waals surface area contributed by atoms with Gasteiger partial charge in [-0.1, -0.05) is 18.6 Å². The lowest BCUT2D eigenvalue weighted by molar-refractivity contribution is 0.0920. The minimum Gasteiger partial charge on any atom is -0.349 e. The van der Waals surface area contributed by atoms with Crippen LogP contribution in [0.5, 0.6) is 0 Å². The van der Waals surface area contributed by atoms with Gasteiger partial charge in [-0.15, -0.1) is 0 Å². The summed E-state index contributed by atoms with van der Waals surface area (Å²) in [6.07, 6.45) is 11.1. The molecule has 1 amide bonds. The maximum absolute atomic E-state index is 12.7. The average molecular weight is 363 g/mol. The molecule has 6 nitrogen and oxygen atoms in total. The molecule has 1 saturated heterocycles. The molecular weight excluding hydrogens is 338 g/mol. The molecule has 0 saturated carbocycles. The van der Waals surface area contributed by atoms with Crippen LogP contribution in [0.1, 0.15) is 46.9 Å². The molecular formula is C21H25N5O. The third-order valence-electron chi connectivity index (χ3n) is 5.27. The van der Waals surface area contributed by atoms with E-state index in [4.69, 9.17) is 0 Å². The van der Waals surface area contributed by atoms with Gasteiger partial charge in [0, 0.05) is 31.3 Å². The third-order valence-corrected chi connectivity index (χ3v) is 5.27. The van der Waals surface area contributed by atoms with Crippen molar-refractivity contribution in [1.82, 2.24) is 24.6 Å². The van der Waals surface area contributed by atoms with Crippen LogP contribution >= 0.6 is 0 Å². The SMILES string of the molecule is Cc1cccn2cc(C(=O)NCC(c3cccnc3)N3CCCCC3)nc12. The molecule has 0 spiro atoms. The van der Waals surface area contributed by atoms with Crippen molar-refractivity contribution >= 4 is 11.6 Å². The highest BCUT2D eigenvalue weighted by atomic mass is 16.1. The van der Waals surface area contributed by atoms with Gasteiger partial charge >= 0.3 is 0 Å². The largest absolute Gasteiger partial charge is 0.349 e. The van der Waals surface area contributed by atoms with Crippen LogP contribution in [0.3, 0.4) is 0 Å². The van der Waals surface area contributed by atoms with Gasteiger partial charge in [-0.25, -0.2) is 4.98 Å². The first-order valence-electron chi connectivity index (χ1n) is 9.59. The normalized spacial score (nSPS) is 16.3. The van der Waals surface area contributed by atoms with E-state index < -0.39 is 0 Å². The average Bonchev–Trinajstić information content (AvgIpc) is 3.16. The number of likely N-dealkylation sites (tertiary alicyclic amines) is 1. The molecule has 3 aromatic heterocycles. The summed E-state index contributed by atoms with van der Waals surface area (Å²) in [7, 11) is 0. The highest BCUT2D eigenvalue weighted by Gasteiger charge is 2.23. The molecule has 0 aliphatic carbocycles. The van der Waals surface area contributed by atoms with E-state index in [0.717, 1.165) is 29.9 Å². The van der Waals surface area contributed by atoms with Crippen molar-refractivity contribution in [3.05, 3.63) is 65.9 Å². The number of aromatic nitrogens is 3. The van der Waals surface area contributed by atoms with Crippen LogP contribution in [0.25, 0.3) is 5.65 Å². The number of imidazole rings is 1. The number of aryl methyl sites for hydroxylation is 1. The molecule has 4 rings (SSSR count). The van der Waals surface area contributed by atoms with Crippen molar-refractivity contribution < 1.29 is 4.79 Å². The Kier molecular flexibility index (Phi) is 5.16. The monoisotopic (exact) mass is 363 g/mol. The number of fused-ring (bicyclic) bond motifs is 1. The van der Waals surface area contributed by atoms with Crippen LogP contribution in [0, 0.1) is 6.92 Å². The molecule has 1 aliphatic heterocycles. The second-order valence-electron chi connectivity index (χ2n) is 7.16. The molecule has 1 unspecified atom stereocenters. The maximum Gasteiger partial charge on any atom is 0.271 e. The van der Waals surface area contributed by atoms with Crippen LogP contribution in [-0.4, -0.2) is 44.8 Å². The number of hydrogen-bond acceptors (Lipinski definition) is 4. The van der Waals surface area contributed by atoms with Crippen molar-refractivity contribution in [1.29, 1.82) is 0 Å². The van der Waals surface area contributed by atoms with Gasteiger partial charge in [0.1, 0.15) is 11.3 Å². The Balaban J connectivity index is 1.50. The second-order valence-corrected chi connectivity index (χ2v) is 7.16. The molecule has 4 heterocycles. The van der Waals surface area contributed by atoms with Crippen LogP contribution in [-0.2, 0) is 0 Å². The van der Waals surface area contributed by atoms with Gasteiger partial charge in [0.05, 0.1) is 6.04 Å². The van der Waals surface area contributed by atoms with E-state index in [9.17, 15) is 4.79 Å². The van der Waals surface area contributed by atoms with Crippen molar-refractivity contribution in [2.75, 3.05) is 19.6 Å². The van der Waals surface area contributed by atoms with Crippen LogP contribution < -0.4 is 5.32 Å². The Hall–Kier alpha value is -2.73. The maximum atomic E-state index is 12.7. The van der Waals surface area contributed by atoms with E-state index in [2.05, 4.69) is 26.3 Å². The predicted octanol–water partition coefficient (Wildman–Crippen LogP) is 2.99. The molecule has 0 aromatic carbocycles. The summed E-state index contributed by atoms with van der Waals surface area (Å²) in [5, 5.41) is 3.09. The van der Waals surface area contributed by atoms with Gasteiger partial charge in [-0.3, -0.25) is 14.7 Å². The fourth-order valence-electron chi connectivity index (χ4n) is 3.80. The summed E-state index contributed by atoms with van der Waals surface area (Å²) in [5.41, 5.74) is 3.47. The predicted molar refractivity (Wildman–Crippen MR) is 105 cm³/mol. The van der Waals surface area contributed by atoms with Gasteiger partial charge in [-0.05, 0) is 56.1 Å². The van der Waals surface area contributed by atoms with Gasteiger partial charge in [0.25, 0.3) is 5.91 Å². The molecule has 1 atom stereocenters. The van der Waals surface area contributed by atoms with E-state index in [1.807, 2.05) is 41.9 Å². The van der Waals surface area contributed by atoms with Gasteiger partial charge < -0.3 is 9.72 Å². The summed E-state index contributed by atoms with van der Waals surface area (Å²) < 4.78 is 1.90. The van der Waals surface area contributed by atoms with E-state index >= 15 is 0 Å². The molecule has 0 radical (unpaired) electrons. The first kappa shape index (κ1) is 17.7. The van der Waals surface area contributed by atoms with Crippen molar-refractivity contribution in [2.45, 2.75) is 32.2 Å². The van der Waals surface area contributed by atoms with Crippen LogP contribution in [0.2, 0.25) is 0 Å². The van der Waals surface area contributed by atoms with E-state index in [1.54, 1.807) is 12.4 Å². The van der Waals surface area contributed by atoms with E-state index in [0.29, 0.717) is 12.2 Å². The lowest BCUT2D eigenvalue weighted by Crippen LogP contribution is -2.40. The van der Waals surface area contributed by atoms with Crippen molar-refractivity contribution in [3.8, 4) is 0 Å². The Labute approximate surface area is 159 Å². The second kappa shape index (κ2) is 7.88. The number of carbonyl (C=O) groups excluding carboxylic acids is 1. The number of hydrogen-bond donors (Lipinski definition) is 1. The number of rotatable bonds is 5. The number of nitrogens with one attached hydrogen (secondary N) is 1. The summed E-state index contributed by atoms with van der Waals surface area (Å²) in [5.74, 6) is -0.135. The first-order valence-corrected chi connectivity index (χ1v) is 9.59. The number of amides is 1. The number of nitrogens with zero attached hydrogens (tertiary/aromatic N) is 4. The molecule has 1 aliphatic rings. The highest BCUT2D eigenvalue weighted by Crippen LogP contribution is 2.23. The zero-order valence-electron chi connectivity index (χ0n) is 15.6. The number of carbonyl (C=O) groups is 1. The van der Waals surface area contributed by atoms with Crippen LogP contribution in [0.15, 0.2) is 49.1 Å². The lowest BCUT2D eigenvalue weighted by atomic mass is 10.0. The molecule has 1 fully saturated rings. The molecule has 140 valence electrons. The zero-order valence-corrected chi connectivity index (χ0v) is 15.6. The molecule has 27 heavy (non-hydrogen) atoms. The Morgan fingerprint density at radius 3 is 2.81 bits per heavy atom. The highest BCUT2D eigenvalue weighted by molar-refractivity contribution is 5.93.